The first-order valence-corrected chi connectivity index (χ1v) is 15.1. The summed E-state index contributed by atoms with van der Waals surface area (Å²) in [5.41, 5.74) is 0. The maximum atomic E-state index is 7.24. The molecule has 0 radical (unpaired) electrons. The van der Waals surface area contributed by atoms with Crippen molar-refractivity contribution in [3.8, 4) is 0 Å². The molecule has 0 saturated carbocycles. The molecule has 0 fully saturated rings. The number of hydrogen-bond donors (Lipinski definition) is 0. The topological polar surface area (TPSA) is 27.7 Å². The van der Waals surface area contributed by atoms with Gasteiger partial charge >= 0.3 is 0 Å². The Morgan fingerprint density at radius 1 is 0.886 bits per heavy atom. The fourth-order valence-corrected chi connectivity index (χ4v) is 9.67. The molecular formula is C31H48O3Si. The van der Waals surface area contributed by atoms with E-state index in [1.165, 1.54) is 10.4 Å². The van der Waals surface area contributed by atoms with Crippen molar-refractivity contribution >= 4 is 18.7 Å². The standard InChI is InChI=1S/C31H48O3Si/c1-8-17-26(2)24-27(3)30(33-23-16-15-22-32-7)25-34-35(31(4,5)6,28-18-11-9-12-19-28)29-20-13-10-14-21-29/h8-14,18-21,26-27,30H,1,15-17,22-25H2,2-7H3/t26-,27-,30+/m0/s1. The molecule has 0 aliphatic heterocycles. The molecule has 4 heteroatoms. The molecule has 3 nitrogen and oxygen atoms in total. The van der Waals surface area contributed by atoms with Crippen LogP contribution in [-0.2, 0) is 13.9 Å². The van der Waals surface area contributed by atoms with E-state index < -0.39 is 8.32 Å². The van der Waals surface area contributed by atoms with Gasteiger partial charge in [-0.1, -0.05) is 101 Å². The van der Waals surface area contributed by atoms with Gasteiger partial charge in [-0.05, 0) is 52.9 Å². The lowest BCUT2D eigenvalue weighted by molar-refractivity contribution is -0.0222. The number of unbranched alkanes of at least 4 members (excludes halogenated alkanes) is 1. The van der Waals surface area contributed by atoms with Crippen molar-refractivity contribution in [2.24, 2.45) is 11.8 Å². The summed E-state index contributed by atoms with van der Waals surface area (Å²) in [6.45, 7) is 17.6. The van der Waals surface area contributed by atoms with Crippen LogP contribution in [0.5, 0.6) is 0 Å². The summed E-state index contributed by atoms with van der Waals surface area (Å²) in [4.78, 5) is 0. The Morgan fingerprint density at radius 3 is 1.91 bits per heavy atom. The molecule has 0 unspecified atom stereocenters. The molecule has 0 N–H and O–H groups in total. The second kappa shape index (κ2) is 14.7. The normalized spacial score (nSPS) is 14.9. The Morgan fingerprint density at radius 2 is 1.43 bits per heavy atom. The number of methoxy groups -OCH3 is 1. The van der Waals surface area contributed by atoms with Crippen molar-refractivity contribution in [1.82, 2.24) is 0 Å². The molecular weight excluding hydrogens is 448 g/mol. The summed E-state index contributed by atoms with van der Waals surface area (Å²) >= 11 is 0. The Hall–Kier alpha value is -1.72. The van der Waals surface area contributed by atoms with Crippen molar-refractivity contribution in [3.05, 3.63) is 73.3 Å². The van der Waals surface area contributed by atoms with E-state index in [-0.39, 0.29) is 11.1 Å². The van der Waals surface area contributed by atoms with E-state index in [9.17, 15) is 0 Å². The van der Waals surface area contributed by atoms with E-state index in [0.717, 1.165) is 38.9 Å². The van der Waals surface area contributed by atoms with Crippen molar-refractivity contribution in [2.45, 2.75) is 71.4 Å². The third kappa shape index (κ3) is 8.42. The highest BCUT2D eigenvalue weighted by Crippen LogP contribution is 2.37. The highest BCUT2D eigenvalue weighted by atomic mass is 28.4. The zero-order chi connectivity index (χ0) is 25.7. The van der Waals surface area contributed by atoms with Gasteiger partial charge in [0, 0.05) is 20.3 Å². The number of ether oxygens (including phenoxy) is 2. The van der Waals surface area contributed by atoms with Crippen molar-refractivity contribution in [3.63, 3.8) is 0 Å². The Kier molecular flexibility index (Phi) is 12.4. The van der Waals surface area contributed by atoms with Gasteiger partial charge in [0.25, 0.3) is 8.32 Å². The fraction of sp³-hybridized carbons (Fsp3) is 0.548. The predicted octanol–water partition coefficient (Wildman–Crippen LogP) is 6.61. The van der Waals surface area contributed by atoms with Crippen LogP contribution in [0.1, 0.15) is 60.3 Å². The molecule has 0 amide bonds. The van der Waals surface area contributed by atoms with E-state index >= 15 is 0 Å². The van der Waals surface area contributed by atoms with E-state index in [1.807, 2.05) is 6.08 Å². The van der Waals surface area contributed by atoms with Gasteiger partial charge in [-0.3, -0.25) is 0 Å². The third-order valence-electron chi connectivity index (χ3n) is 6.93. The van der Waals surface area contributed by atoms with E-state index in [4.69, 9.17) is 13.9 Å². The minimum Gasteiger partial charge on any atom is -0.405 e. The SMILES string of the molecule is C=CC[C@H](C)C[C@H](C)[C@@H](CO[Si](c1ccccc1)(c1ccccc1)C(C)(C)C)OCCCCOC. The van der Waals surface area contributed by atoms with Gasteiger partial charge in [-0.25, -0.2) is 0 Å². The second-order valence-corrected chi connectivity index (χ2v) is 15.2. The summed E-state index contributed by atoms with van der Waals surface area (Å²) < 4.78 is 19.0. The summed E-state index contributed by atoms with van der Waals surface area (Å²) in [6.07, 6.45) is 6.21. The average Bonchev–Trinajstić information content (AvgIpc) is 2.83. The lowest BCUT2D eigenvalue weighted by Gasteiger charge is -2.44. The minimum atomic E-state index is -2.59. The van der Waals surface area contributed by atoms with Gasteiger partial charge in [-0.15, -0.1) is 6.58 Å². The molecule has 2 rings (SSSR count). The maximum Gasteiger partial charge on any atom is 0.261 e. The maximum absolute atomic E-state index is 7.24. The molecule has 0 heterocycles. The number of hydrogen-bond acceptors (Lipinski definition) is 3. The molecule has 194 valence electrons. The summed E-state index contributed by atoms with van der Waals surface area (Å²) in [6, 6.07) is 21.7. The zero-order valence-electron chi connectivity index (χ0n) is 23.0. The highest BCUT2D eigenvalue weighted by Gasteiger charge is 2.50. The van der Waals surface area contributed by atoms with Gasteiger partial charge in [0.2, 0.25) is 0 Å². The molecule has 3 atom stereocenters. The quantitative estimate of drug-likeness (QED) is 0.149. The molecule has 0 spiro atoms. The number of rotatable bonds is 16. The van der Waals surface area contributed by atoms with Crippen LogP contribution >= 0.6 is 0 Å². The van der Waals surface area contributed by atoms with Crippen LogP contribution in [0.25, 0.3) is 0 Å². The van der Waals surface area contributed by atoms with Crippen molar-refractivity contribution in [2.75, 3.05) is 26.9 Å². The monoisotopic (exact) mass is 496 g/mol. The molecule has 0 saturated heterocycles. The van der Waals surface area contributed by atoms with Crippen LogP contribution in [0.3, 0.4) is 0 Å². The highest BCUT2D eigenvalue weighted by molar-refractivity contribution is 6.99. The summed E-state index contributed by atoms with van der Waals surface area (Å²) in [7, 11) is -0.835. The smallest absolute Gasteiger partial charge is 0.261 e. The molecule has 0 aliphatic carbocycles. The van der Waals surface area contributed by atoms with E-state index in [2.05, 4.69) is 102 Å². The first-order valence-electron chi connectivity index (χ1n) is 13.2. The Balaban J connectivity index is 2.36. The van der Waals surface area contributed by atoms with Crippen molar-refractivity contribution < 1.29 is 13.9 Å². The van der Waals surface area contributed by atoms with Crippen LogP contribution in [0.4, 0.5) is 0 Å². The minimum absolute atomic E-state index is 0.0436. The molecule has 0 aliphatic rings. The van der Waals surface area contributed by atoms with Crippen LogP contribution in [-0.4, -0.2) is 41.4 Å². The number of benzene rings is 2. The van der Waals surface area contributed by atoms with Gasteiger partial charge in [0.05, 0.1) is 12.7 Å². The van der Waals surface area contributed by atoms with Crippen molar-refractivity contribution in [1.29, 1.82) is 0 Å². The molecule has 0 bridgehead atoms. The predicted molar refractivity (Wildman–Crippen MR) is 152 cm³/mol. The first-order chi connectivity index (χ1) is 16.8. The lowest BCUT2D eigenvalue weighted by atomic mass is 9.91. The largest absolute Gasteiger partial charge is 0.405 e. The van der Waals surface area contributed by atoms with Gasteiger partial charge in [0.1, 0.15) is 0 Å². The van der Waals surface area contributed by atoms with Gasteiger partial charge < -0.3 is 13.9 Å². The number of allylic oxidation sites excluding steroid dienone is 1. The van der Waals surface area contributed by atoms with E-state index in [1.54, 1.807) is 7.11 Å². The van der Waals surface area contributed by atoms with Crippen LogP contribution < -0.4 is 10.4 Å². The summed E-state index contributed by atoms with van der Waals surface area (Å²) in [5, 5.41) is 2.58. The zero-order valence-corrected chi connectivity index (χ0v) is 24.0. The van der Waals surface area contributed by atoms with Crippen LogP contribution in [0.2, 0.25) is 5.04 Å². The molecule has 35 heavy (non-hydrogen) atoms. The lowest BCUT2D eigenvalue weighted by Crippen LogP contribution is -2.67. The van der Waals surface area contributed by atoms with Crippen LogP contribution in [0, 0.1) is 11.8 Å². The molecule has 2 aromatic rings. The van der Waals surface area contributed by atoms with E-state index in [0.29, 0.717) is 18.4 Å². The molecule has 2 aromatic carbocycles. The summed E-state index contributed by atoms with van der Waals surface area (Å²) in [5.74, 6) is 0.973. The third-order valence-corrected chi connectivity index (χ3v) is 11.9. The average molecular weight is 497 g/mol. The fourth-order valence-electron chi connectivity index (χ4n) is 5.10. The first kappa shape index (κ1) is 29.5. The van der Waals surface area contributed by atoms with Gasteiger partial charge in [-0.2, -0.15) is 0 Å². The van der Waals surface area contributed by atoms with Gasteiger partial charge in [0.15, 0.2) is 0 Å². The second-order valence-electron chi connectivity index (χ2n) is 10.9. The molecule has 0 aromatic heterocycles. The Bertz CT molecular complexity index is 792. The Labute approximate surface area is 216 Å². The van der Waals surface area contributed by atoms with Crippen LogP contribution in [0.15, 0.2) is 73.3 Å².